The van der Waals surface area contributed by atoms with E-state index >= 15 is 0 Å². The fourth-order valence-electron chi connectivity index (χ4n) is 1.41. The Morgan fingerprint density at radius 3 is 2.57 bits per heavy atom. The van der Waals surface area contributed by atoms with Crippen molar-refractivity contribution in [3.8, 4) is 5.75 Å². The molecule has 0 bridgehead atoms. The van der Waals surface area contributed by atoms with E-state index in [1.807, 2.05) is 19.1 Å². The predicted octanol–water partition coefficient (Wildman–Crippen LogP) is 2.32. The van der Waals surface area contributed by atoms with Crippen LogP contribution in [0.15, 0.2) is 18.2 Å². The van der Waals surface area contributed by atoms with Crippen LogP contribution in [0.2, 0.25) is 0 Å². The second-order valence-corrected chi connectivity index (χ2v) is 3.50. The van der Waals surface area contributed by atoms with Gasteiger partial charge >= 0.3 is 0 Å². The van der Waals surface area contributed by atoms with Crippen molar-refractivity contribution in [2.24, 2.45) is 5.73 Å². The zero-order valence-electron chi connectivity index (χ0n) is 8.91. The third-order valence-electron chi connectivity index (χ3n) is 1.98. The van der Waals surface area contributed by atoms with E-state index in [1.54, 1.807) is 7.11 Å². The Labute approximate surface area is 91.9 Å². The smallest absolute Gasteiger partial charge is 0.122 e. The summed E-state index contributed by atoms with van der Waals surface area (Å²) >= 11 is 0. The zero-order chi connectivity index (χ0) is 9.84. The van der Waals surface area contributed by atoms with Crippen molar-refractivity contribution in [1.29, 1.82) is 0 Å². The summed E-state index contributed by atoms with van der Waals surface area (Å²) in [5, 5.41) is 0. The molecule has 0 saturated carbocycles. The summed E-state index contributed by atoms with van der Waals surface area (Å²) in [4.78, 5) is 0. The maximum Gasteiger partial charge on any atom is 0.122 e. The van der Waals surface area contributed by atoms with Gasteiger partial charge in [-0.25, -0.2) is 0 Å². The average molecular weight is 216 g/mol. The monoisotopic (exact) mass is 215 g/mol. The topological polar surface area (TPSA) is 35.2 Å². The van der Waals surface area contributed by atoms with Crippen LogP contribution >= 0.6 is 12.4 Å². The molecule has 0 aliphatic heterocycles. The normalized spacial score (nSPS) is 11.7. The van der Waals surface area contributed by atoms with E-state index in [2.05, 4.69) is 13.0 Å². The van der Waals surface area contributed by atoms with Gasteiger partial charge in [-0.05, 0) is 31.9 Å². The Morgan fingerprint density at radius 1 is 1.43 bits per heavy atom. The molecule has 0 aromatic heterocycles. The van der Waals surface area contributed by atoms with E-state index in [1.165, 1.54) is 11.1 Å². The van der Waals surface area contributed by atoms with Crippen molar-refractivity contribution in [3.05, 3.63) is 29.3 Å². The Morgan fingerprint density at radius 2 is 2.07 bits per heavy atom. The molecule has 1 unspecified atom stereocenters. The highest BCUT2D eigenvalue weighted by Gasteiger charge is 2.04. The second kappa shape index (κ2) is 5.89. The van der Waals surface area contributed by atoms with E-state index in [0.717, 1.165) is 12.2 Å². The first-order chi connectivity index (χ1) is 6.13. The number of aryl methyl sites for hydroxylation is 1. The van der Waals surface area contributed by atoms with Crippen molar-refractivity contribution in [1.82, 2.24) is 0 Å². The minimum atomic E-state index is 0. The molecule has 0 spiro atoms. The summed E-state index contributed by atoms with van der Waals surface area (Å²) in [5.41, 5.74) is 8.18. The van der Waals surface area contributed by atoms with Crippen LogP contribution in [0.5, 0.6) is 5.75 Å². The zero-order valence-corrected chi connectivity index (χ0v) is 9.73. The first kappa shape index (κ1) is 13.3. The van der Waals surface area contributed by atoms with Crippen molar-refractivity contribution in [3.63, 3.8) is 0 Å². The molecule has 0 radical (unpaired) electrons. The van der Waals surface area contributed by atoms with E-state index in [0.29, 0.717) is 0 Å². The molecule has 80 valence electrons. The largest absolute Gasteiger partial charge is 0.496 e. The molecular weight excluding hydrogens is 198 g/mol. The van der Waals surface area contributed by atoms with E-state index in [-0.39, 0.29) is 18.4 Å². The van der Waals surface area contributed by atoms with Gasteiger partial charge in [0.2, 0.25) is 0 Å². The summed E-state index contributed by atoms with van der Waals surface area (Å²) in [5.74, 6) is 0.933. The number of hydrogen-bond acceptors (Lipinski definition) is 2. The lowest BCUT2D eigenvalue weighted by molar-refractivity contribution is 0.408. The summed E-state index contributed by atoms with van der Waals surface area (Å²) in [6, 6.07) is 6.34. The highest BCUT2D eigenvalue weighted by Crippen LogP contribution is 2.20. The Bertz CT molecular complexity index is 287. The van der Waals surface area contributed by atoms with Crippen LogP contribution in [-0.4, -0.2) is 13.2 Å². The molecule has 1 atom stereocenters. The van der Waals surface area contributed by atoms with Crippen LogP contribution in [0.25, 0.3) is 0 Å². The van der Waals surface area contributed by atoms with Crippen LogP contribution in [-0.2, 0) is 6.42 Å². The fourth-order valence-corrected chi connectivity index (χ4v) is 1.41. The number of benzene rings is 1. The molecule has 1 rings (SSSR count). The quantitative estimate of drug-likeness (QED) is 0.840. The van der Waals surface area contributed by atoms with Gasteiger partial charge in [0.15, 0.2) is 0 Å². The lowest BCUT2D eigenvalue weighted by Crippen LogP contribution is -2.18. The van der Waals surface area contributed by atoms with Gasteiger partial charge in [-0.15, -0.1) is 12.4 Å². The van der Waals surface area contributed by atoms with Crippen LogP contribution in [0, 0.1) is 6.92 Å². The molecule has 0 amide bonds. The molecule has 0 aliphatic carbocycles. The van der Waals surface area contributed by atoms with Gasteiger partial charge in [0.25, 0.3) is 0 Å². The molecule has 14 heavy (non-hydrogen) atoms. The SMILES string of the molecule is COc1ccc(C)cc1CC(C)N.Cl. The molecule has 1 aromatic carbocycles. The number of hydrogen-bond donors (Lipinski definition) is 1. The number of nitrogens with two attached hydrogens (primary N) is 1. The summed E-state index contributed by atoms with van der Waals surface area (Å²) in [6.45, 7) is 4.08. The van der Waals surface area contributed by atoms with Crippen molar-refractivity contribution in [2.45, 2.75) is 26.3 Å². The van der Waals surface area contributed by atoms with Crippen LogP contribution in [0.1, 0.15) is 18.1 Å². The maximum atomic E-state index is 5.74. The fraction of sp³-hybridized carbons (Fsp3) is 0.455. The molecule has 1 aromatic rings. The minimum absolute atomic E-state index is 0. The van der Waals surface area contributed by atoms with Gasteiger partial charge in [0.1, 0.15) is 5.75 Å². The minimum Gasteiger partial charge on any atom is -0.496 e. The van der Waals surface area contributed by atoms with Gasteiger partial charge in [0, 0.05) is 6.04 Å². The molecule has 0 aliphatic rings. The molecule has 0 saturated heterocycles. The molecule has 0 heterocycles. The van der Waals surface area contributed by atoms with Crippen LogP contribution in [0.4, 0.5) is 0 Å². The van der Waals surface area contributed by atoms with Gasteiger partial charge in [-0.2, -0.15) is 0 Å². The number of methoxy groups -OCH3 is 1. The van der Waals surface area contributed by atoms with E-state index in [4.69, 9.17) is 10.5 Å². The lowest BCUT2D eigenvalue weighted by atomic mass is 10.0. The van der Waals surface area contributed by atoms with Crippen LogP contribution in [0.3, 0.4) is 0 Å². The van der Waals surface area contributed by atoms with Gasteiger partial charge in [-0.3, -0.25) is 0 Å². The number of rotatable bonds is 3. The molecule has 2 N–H and O–H groups in total. The molecule has 2 nitrogen and oxygen atoms in total. The van der Waals surface area contributed by atoms with Gasteiger partial charge in [0.05, 0.1) is 7.11 Å². The first-order valence-electron chi connectivity index (χ1n) is 4.52. The van der Waals surface area contributed by atoms with E-state index < -0.39 is 0 Å². The van der Waals surface area contributed by atoms with Gasteiger partial charge < -0.3 is 10.5 Å². The third kappa shape index (κ3) is 3.56. The Hall–Kier alpha value is -0.730. The van der Waals surface area contributed by atoms with Crippen molar-refractivity contribution < 1.29 is 4.74 Å². The average Bonchev–Trinajstić information content (AvgIpc) is 2.03. The summed E-state index contributed by atoms with van der Waals surface area (Å²) in [6.07, 6.45) is 0.866. The molecule has 3 heteroatoms. The number of ether oxygens (including phenoxy) is 1. The van der Waals surface area contributed by atoms with E-state index in [9.17, 15) is 0 Å². The standard InChI is InChI=1S/C11H17NO.ClH/c1-8-4-5-11(13-3)10(6-8)7-9(2)12;/h4-6,9H,7,12H2,1-3H3;1H. The number of halogens is 1. The van der Waals surface area contributed by atoms with Crippen LogP contribution < -0.4 is 10.5 Å². The second-order valence-electron chi connectivity index (χ2n) is 3.50. The lowest BCUT2D eigenvalue weighted by Gasteiger charge is -2.11. The predicted molar refractivity (Wildman–Crippen MR) is 62.3 cm³/mol. The summed E-state index contributed by atoms with van der Waals surface area (Å²) in [7, 11) is 1.69. The van der Waals surface area contributed by atoms with Crippen molar-refractivity contribution in [2.75, 3.05) is 7.11 Å². The maximum absolute atomic E-state index is 5.74. The Kier molecular flexibility index (Phi) is 5.58. The van der Waals surface area contributed by atoms with Crippen molar-refractivity contribution >= 4 is 12.4 Å². The highest BCUT2D eigenvalue weighted by atomic mass is 35.5. The summed E-state index contributed by atoms with van der Waals surface area (Å²) < 4.78 is 5.25. The first-order valence-corrected chi connectivity index (χ1v) is 4.52. The third-order valence-corrected chi connectivity index (χ3v) is 1.98. The molecular formula is C11H18ClNO. The highest BCUT2D eigenvalue weighted by molar-refractivity contribution is 5.85. The molecule has 0 fully saturated rings. The van der Waals surface area contributed by atoms with Gasteiger partial charge in [-0.1, -0.05) is 17.7 Å². The Balaban J connectivity index is 0.00000169.